The van der Waals surface area contributed by atoms with Crippen molar-refractivity contribution in [2.75, 3.05) is 5.43 Å². The second-order valence-corrected chi connectivity index (χ2v) is 4.58. The summed E-state index contributed by atoms with van der Waals surface area (Å²) in [4.78, 5) is 0. The van der Waals surface area contributed by atoms with Gasteiger partial charge in [0, 0.05) is 16.7 Å². The van der Waals surface area contributed by atoms with E-state index in [1.165, 1.54) is 18.3 Å². The number of phenols is 2. The number of phenolic OH excluding ortho intramolecular Hbond substituents is 2. The van der Waals surface area contributed by atoms with Gasteiger partial charge in [-0.1, -0.05) is 23.2 Å². The number of anilines is 1. The van der Waals surface area contributed by atoms with E-state index in [1.54, 1.807) is 24.3 Å². The average molecular weight is 297 g/mol. The van der Waals surface area contributed by atoms with E-state index in [9.17, 15) is 5.11 Å². The van der Waals surface area contributed by atoms with Gasteiger partial charge in [0.1, 0.15) is 11.5 Å². The summed E-state index contributed by atoms with van der Waals surface area (Å²) in [5, 5.41) is 23.6. The Balaban J connectivity index is 2.11. The second kappa shape index (κ2) is 5.82. The molecule has 0 unspecified atom stereocenters. The van der Waals surface area contributed by atoms with E-state index in [0.29, 0.717) is 21.3 Å². The number of hydrogen-bond donors (Lipinski definition) is 3. The van der Waals surface area contributed by atoms with Crippen molar-refractivity contribution < 1.29 is 10.2 Å². The molecule has 4 nitrogen and oxygen atoms in total. The Kier molecular flexibility index (Phi) is 4.14. The van der Waals surface area contributed by atoms with Gasteiger partial charge in [-0.05, 0) is 30.3 Å². The summed E-state index contributed by atoms with van der Waals surface area (Å²) in [5.41, 5.74) is 3.80. The molecule has 98 valence electrons. The molecule has 2 aromatic carbocycles. The zero-order chi connectivity index (χ0) is 13.8. The van der Waals surface area contributed by atoms with Crippen LogP contribution < -0.4 is 5.43 Å². The van der Waals surface area contributed by atoms with Crippen LogP contribution >= 0.6 is 23.2 Å². The molecule has 2 aromatic rings. The Labute approximate surface area is 119 Å². The fourth-order valence-corrected chi connectivity index (χ4v) is 1.84. The maximum Gasteiger partial charge on any atom is 0.128 e. The van der Waals surface area contributed by atoms with Gasteiger partial charge >= 0.3 is 0 Å². The monoisotopic (exact) mass is 296 g/mol. The van der Waals surface area contributed by atoms with Crippen molar-refractivity contribution in [3.8, 4) is 11.5 Å². The molecule has 0 amide bonds. The lowest BCUT2D eigenvalue weighted by Gasteiger charge is -2.03. The molecule has 0 aliphatic heterocycles. The Bertz CT molecular complexity index is 630. The zero-order valence-corrected chi connectivity index (χ0v) is 11.2. The molecule has 0 radical (unpaired) electrons. The van der Waals surface area contributed by atoms with Crippen LogP contribution in [0.3, 0.4) is 0 Å². The molecule has 0 aromatic heterocycles. The van der Waals surface area contributed by atoms with Crippen molar-refractivity contribution in [2.45, 2.75) is 0 Å². The van der Waals surface area contributed by atoms with Crippen molar-refractivity contribution in [3.63, 3.8) is 0 Å². The average Bonchev–Trinajstić information content (AvgIpc) is 2.34. The molecule has 0 aliphatic carbocycles. The number of nitrogens with one attached hydrogen (secondary N) is 1. The summed E-state index contributed by atoms with van der Waals surface area (Å²) in [5.74, 6) is -0.0730. The Morgan fingerprint density at radius 1 is 1.05 bits per heavy atom. The van der Waals surface area contributed by atoms with Crippen molar-refractivity contribution in [3.05, 3.63) is 52.0 Å². The van der Waals surface area contributed by atoms with Gasteiger partial charge in [0.2, 0.25) is 0 Å². The number of rotatable bonds is 3. The molecular formula is C13H10Cl2N2O2. The Morgan fingerprint density at radius 2 is 1.84 bits per heavy atom. The Morgan fingerprint density at radius 3 is 2.53 bits per heavy atom. The predicted octanol–water partition coefficient (Wildman–Crippen LogP) is 3.85. The van der Waals surface area contributed by atoms with Crippen molar-refractivity contribution >= 4 is 35.1 Å². The van der Waals surface area contributed by atoms with Gasteiger partial charge in [0.15, 0.2) is 0 Å². The van der Waals surface area contributed by atoms with Gasteiger partial charge in [0.05, 0.1) is 16.9 Å². The van der Waals surface area contributed by atoms with Crippen LogP contribution in [0.1, 0.15) is 5.56 Å². The van der Waals surface area contributed by atoms with Gasteiger partial charge < -0.3 is 10.2 Å². The van der Waals surface area contributed by atoms with Gasteiger partial charge in [-0.2, -0.15) is 5.10 Å². The summed E-state index contributed by atoms with van der Waals surface area (Å²) in [7, 11) is 0. The first kappa shape index (κ1) is 13.5. The second-order valence-electron chi connectivity index (χ2n) is 3.74. The maximum absolute atomic E-state index is 9.56. The van der Waals surface area contributed by atoms with Crippen LogP contribution in [0.15, 0.2) is 41.5 Å². The van der Waals surface area contributed by atoms with Crippen LogP contribution in [-0.2, 0) is 0 Å². The van der Waals surface area contributed by atoms with E-state index >= 15 is 0 Å². The van der Waals surface area contributed by atoms with E-state index in [4.69, 9.17) is 28.3 Å². The number of hydrazone groups is 1. The standard InChI is InChI=1S/C13H10Cl2N2O2/c14-9-2-4-12(11(15)5-9)17-16-7-8-1-3-10(18)6-13(8)19/h1-7,17-19H. The topological polar surface area (TPSA) is 64.9 Å². The number of hydrogen-bond acceptors (Lipinski definition) is 4. The molecule has 0 heterocycles. The summed E-state index contributed by atoms with van der Waals surface area (Å²) >= 11 is 11.7. The minimum absolute atomic E-state index is 0.0108. The van der Waals surface area contributed by atoms with Crippen LogP contribution in [0.2, 0.25) is 10.0 Å². The molecule has 0 bridgehead atoms. The van der Waals surface area contributed by atoms with E-state index in [-0.39, 0.29) is 11.5 Å². The summed E-state index contributed by atoms with van der Waals surface area (Å²) in [6.07, 6.45) is 1.42. The molecular weight excluding hydrogens is 287 g/mol. The van der Waals surface area contributed by atoms with Crippen LogP contribution in [0.4, 0.5) is 5.69 Å². The normalized spacial score (nSPS) is 10.8. The fourth-order valence-electron chi connectivity index (χ4n) is 1.39. The first-order valence-electron chi connectivity index (χ1n) is 5.32. The third-order valence-electron chi connectivity index (χ3n) is 2.33. The van der Waals surface area contributed by atoms with Gasteiger partial charge in [-0.3, -0.25) is 5.43 Å². The van der Waals surface area contributed by atoms with E-state index < -0.39 is 0 Å². The zero-order valence-electron chi connectivity index (χ0n) is 9.64. The minimum Gasteiger partial charge on any atom is -0.508 e. The molecule has 19 heavy (non-hydrogen) atoms. The third-order valence-corrected chi connectivity index (χ3v) is 2.88. The highest BCUT2D eigenvalue weighted by Crippen LogP contribution is 2.25. The third kappa shape index (κ3) is 3.53. The van der Waals surface area contributed by atoms with Gasteiger partial charge in [-0.15, -0.1) is 0 Å². The van der Waals surface area contributed by atoms with E-state index in [1.807, 2.05) is 0 Å². The van der Waals surface area contributed by atoms with Crippen LogP contribution in [0, 0.1) is 0 Å². The van der Waals surface area contributed by atoms with Crippen molar-refractivity contribution in [1.82, 2.24) is 0 Å². The molecule has 0 atom stereocenters. The highest BCUT2D eigenvalue weighted by molar-refractivity contribution is 6.36. The van der Waals surface area contributed by atoms with Gasteiger partial charge in [-0.25, -0.2) is 0 Å². The number of benzene rings is 2. The number of halogens is 2. The largest absolute Gasteiger partial charge is 0.508 e. The predicted molar refractivity (Wildman–Crippen MR) is 77.5 cm³/mol. The fraction of sp³-hybridized carbons (Fsp3) is 0. The quantitative estimate of drug-likeness (QED) is 0.595. The maximum atomic E-state index is 9.56. The minimum atomic E-state index is -0.0623. The molecule has 2 rings (SSSR count). The highest BCUT2D eigenvalue weighted by atomic mass is 35.5. The molecule has 0 fully saturated rings. The van der Waals surface area contributed by atoms with Crippen molar-refractivity contribution in [2.24, 2.45) is 5.10 Å². The van der Waals surface area contributed by atoms with Crippen LogP contribution in [-0.4, -0.2) is 16.4 Å². The Hall–Kier alpha value is -1.91. The molecule has 0 saturated carbocycles. The summed E-state index contributed by atoms with van der Waals surface area (Å²) < 4.78 is 0. The SMILES string of the molecule is Oc1ccc(C=NNc2ccc(Cl)cc2Cl)c(O)c1. The first-order valence-corrected chi connectivity index (χ1v) is 6.08. The lowest BCUT2D eigenvalue weighted by molar-refractivity contribution is 0.450. The molecule has 0 aliphatic rings. The smallest absolute Gasteiger partial charge is 0.128 e. The van der Waals surface area contributed by atoms with E-state index in [0.717, 1.165) is 0 Å². The summed E-state index contributed by atoms with van der Waals surface area (Å²) in [6.45, 7) is 0. The van der Waals surface area contributed by atoms with Crippen LogP contribution in [0.25, 0.3) is 0 Å². The summed E-state index contributed by atoms with van der Waals surface area (Å²) in [6, 6.07) is 9.20. The highest BCUT2D eigenvalue weighted by Gasteiger charge is 2.01. The molecule has 6 heteroatoms. The number of aromatic hydroxyl groups is 2. The number of nitrogens with zero attached hydrogens (tertiary/aromatic N) is 1. The molecule has 3 N–H and O–H groups in total. The lowest BCUT2D eigenvalue weighted by Crippen LogP contribution is -1.91. The van der Waals surface area contributed by atoms with Gasteiger partial charge in [0.25, 0.3) is 0 Å². The first-order chi connectivity index (χ1) is 9.06. The molecule has 0 spiro atoms. The van der Waals surface area contributed by atoms with Crippen molar-refractivity contribution in [1.29, 1.82) is 0 Å². The lowest BCUT2D eigenvalue weighted by atomic mass is 10.2. The molecule has 0 saturated heterocycles. The van der Waals surface area contributed by atoms with E-state index in [2.05, 4.69) is 10.5 Å². The van der Waals surface area contributed by atoms with Crippen LogP contribution in [0.5, 0.6) is 11.5 Å².